The van der Waals surface area contributed by atoms with E-state index in [1.807, 2.05) is 30.8 Å². The standard InChI is InChI=1S/C14H20BrNO2S2/c1-10-3-4-11(15)9-14(10)20(17,18)16-12-5-7-13(19-2)8-6-12/h3-4,9,12-13,16H,5-8H2,1-2H3. The van der Waals surface area contributed by atoms with Crippen molar-refractivity contribution in [1.29, 1.82) is 0 Å². The Bertz CT molecular complexity index is 567. The van der Waals surface area contributed by atoms with Crippen molar-refractivity contribution in [3.05, 3.63) is 28.2 Å². The third-order valence-corrected chi connectivity index (χ3v) is 7.06. The zero-order valence-electron chi connectivity index (χ0n) is 11.7. The quantitative estimate of drug-likeness (QED) is 0.869. The first kappa shape index (κ1) is 16.3. The Morgan fingerprint density at radius 3 is 2.50 bits per heavy atom. The molecule has 1 aliphatic carbocycles. The number of sulfonamides is 1. The average Bonchev–Trinajstić information content (AvgIpc) is 2.42. The number of halogens is 1. The number of thioether (sulfide) groups is 1. The van der Waals surface area contributed by atoms with Gasteiger partial charge in [0.1, 0.15) is 0 Å². The van der Waals surface area contributed by atoms with Gasteiger partial charge in [0, 0.05) is 15.8 Å². The molecule has 112 valence electrons. The molecular weight excluding hydrogens is 358 g/mol. The molecule has 20 heavy (non-hydrogen) atoms. The lowest BCUT2D eigenvalue weighted by molar-refractivity contribution is 0.420. The van der Waals surface area contributed by atoms with Crippen LogP contribution in [0.2, 0.25) is 0 Å². The van der Waals surface area contributed by atoms with Crippen molar-refractivity contribution in [2.75, 3.05) is 6.26 Å². The van der Waals surface area contributed by atoms with Gasteiger partial charge in [0.2, 0.25) is 10.0 Å². The number of aryl methyl sites for hydroxylation is 1. The molecule has 1 saturated carbocycles. The Kier molecular flexibility index (Phi) is 5.56. The van der Waals surface area contributed by atoms with Crippen LogP contribution in [0.3, 0.4) is 0 Å². The average molecular weight is 378 g/mol. The maximum atomic E-state index is 12.5. The second-order valence-electron chi connectivity index (χ2n) is 5.24. The lowest BCUT2D eigenvalue weighted by Crippen LogP contribution is -2.38. The van der Waals surface area contributed by atoms with Crippen LogP contribution in [-0.2, 0) is 10.0 Å². The summed E-state index contributed by atoms with van der Waals surface area (Å²) in [4.78, 5) is 0.374. The number of rotatable bonds is 4. The van der Waals surface area contributed by atoms with Crippen LogP contribution in [-0.4, -0.2) is 26.0 Å². The minimum atomic E-state index is -3.42. The highest BCUT2D eigenvalue weighted by molar-refractivity contribution is 9.10. The van der Waals surface area contributed by atoms with E-state index in [-0.39, 0.29) is 6.04 Å². The molecule has 0 heterocycles. The fraction of sp³-hybridized carbons (Fsp3) is 0.571. The van der Waals surface area contributed by atoms with E-state index in [1.54, 1.807) is 6.07 Å². The van der Waals surface area contributed by atoms with Gasteiger partial charge in [-0.15, -0.1) is 0 Å². The van der Waals surface area contributed by atoms with Gasteiger partial charge in [-0.25, -0.2) is 13.1 Å². The van der Waals surface area contributed by atoms with Crippen molar-refractivity contribution in [2.45, 2.75) is 48.8 Å². The molecule has 1 aromatic rings. The molecule has 1 aromatic carbocycles. The Morgan fingerprint density at radius 2 is 1.90 bits per heavy atom. The first-order chi connectivity index (χ1) is 9.42. The fourth-order valence-corrected chi connectivity index (χ4v) is 5.39. The minimum Gasteiger partial charge on any atom is -0.208 e. The number of hydrogen-bond acceptors (Lipinski definition) is 3. The summed E-state index contributed by atoms with van der Waals surface area (Å²) in [6.07, 6.45) is 6.16. The molecule has 0 spiro atoms. The zero-order valence-corrected chi connectivity index (χ0v) is 14.9. The molecule has 3 nitrogen and oxygen atoms in total. The van der Waals surface area contributed by atoms with Crippen LogP contribution >= 0.6 is 27.7 Å². The number of nitrogens with one attached hydrogen (secondary N) is 1. The predicted molar refractivity (Wildman–Crippen MR) is 88.8 cm³/mol. The van der Waals surface area contributed by atoms with E-state index in [4.69, 9.17) is 0 Å². The Labute approximate surface area is 134 Å². The lowest BCUT2D eigenvalue weighted by atomic mass is 9.96. The van der Waals surface area contributed by atoms with Crippen LogP contribution in [0.4, 0.5) is 0 Å². The van der Waals surface area contributed by atoms with Crippen molar-refractivity contribution >= 4 is 37.7 Å². The topological polar surface area (TPSA) is 46.2 Å². The summed E-state index contributed by atoms with van der Waals surface area (Å²) in [5, 5.41) is 0.684. The summed E-state index contributed by atoms with van der Waals surface area (Å²) >= 11 is 5.22. The zero-order chi connectivity index (χ0) is 14.8. The Balaban J connectivity index is 2.10. The highest BCUT2D eigenvalue weighted by atomic mass is 79.9. The van der Waals surface area contributed by atoms with Gasteiger partial charge in [-0.2, -0.15) is 11.8 Å². The van der Waals surface area contributed by atoms with E-state index in [0.29, 0.717) is 10.1 Å². The molecule has 1 fully saturated rings. The molecule has 0 radical (unpaired) electrons. The number of hydrogen-bond donors (Lipinski definition) is 1. The molecule has 0 atom stereocenters. The first-order valence-corrected chi connectivity index (χ1v) is 10.3. The van der Waals surface area contributed by atoms with Crippen LogP contribution in [0.15, 0.2) is 27.6 Å². The van der Waals surface area contributed by atoms with E-state index in [1.165, 1.54) is 0 Å². The van der Waals surface area contributed by atoms with E-state index < -0.39 is 10.0 Å². The van der Waals surface area contributed by atoms with Gasteiger partial charge in [0.25, 0.3) is 0 Å². The van der Waals surface area contributed by atoms with E-state index in [9.17, 15) is 8.42 Å². The van der Waals surface area contributed by atoms with Crippen LogP contribution in [0.1, 0.15) is 31.2 Å². The van der Waals surface area contributed by atoms with Gasteiger partial charge < -0.3 is 0 Å². The monoisotopic (exact) mass is 377 g/mol. The molecule has 1 N–H and O–H groups in total. The Hall–Kier alpha value is -0.0400. The van der Waals surface area contributed by atoms with Crippen molar-refractivity contribution in [3.63, 3.8) is 0 Å². The van der Waals surface area contributed by atoms with Gasteiger partial charge in [-0.3, -0.25) is 0 Å². The minimum absolute atomic E-state index is 0.0711. The molecule has 0 bridgehead atoms. The van der Waals surface area contributed by atoms with Gasteiger partial charge >= 0.3 is 0 Å². The smallest absolute Gasteiger partial charge is 0.208 e. The molecule has 0 aromatic heterocycles. The van der Waals surface area contributed by atoms with E-state index in [0.717, 1.165) is 35.7 Å². The lowest BCUT2D eigenvalue weighted by Gasteiger charge is -2.28. The normalized spacial score (nSPS) is 23.8. The highest BCUT2D eigenvalue weighted by Crippen LogP contribution is 2.28. The van der Waals surface area contributed by atoms with Crippen molar-refractivity contribution in [2.24, 2.45) is 0 Å². The molecule has 0 amide bonds. The SMILES string of the molecule is CSC1CCC(NS(=O)(=O)c2cc(Br)ccc2C)CC1. The maximum absolute atomic E-state index is 12.5. The Morgan fingerprint density at radius 1 is 1.25 bits per heavy atom. The van der Waals surface area contributed by atoms with Crippen molar-refractivity contribution in [1.82, 2.24) is 4.72 Å². The van der Waals surface area contributed by atoms with Crippen molar-refractivity contribution < 1.29 is 8.42 Å². The third kappa shape index (κ3) is 4.00. The van der Waals surface area contributed by atoms with Crippen molar-refractivity contribution in [3.8, 4) is 0 Å². The third-order valence-electron chi connectivity index (χ3n) is 3.77. The van der Waals surface area contributed by atoms with E-state index >= 15 is 0 Å². The summed E-state index contributed by atoms with van der Waals surface area (Å²) < 4.78 is 28.6. The molecule has 2 rings (SSSR count). The summed E-state index contributed by atoms with van der Waals surface area (Å²) in [6.45, 7) is 1.83. The molecule has 6 heteroatoms. The highest BCUT2D eigenvalue weighted by Gasteiger charge is 2.26. The summed E-state index contributed by atoms with van der Waals surface area (Å²) in [7, 11) is -3.42. The maximum Gasteiger partial charge on any atom is 0.241 e. The van der Waals surface area contributed by atoms with Crippen LogP contribution in [0.5, 0.6) is 0 Å². The van der Waals surface area contributed by atoms with Crippen LogP contribution in [0.25, 0.3) is 0 Å². The largest absolute Gasteiger partial charge is 0.241 e. The van der Waals surface area contributed by atoms with Gasteiger partial charge in [0.15, 0.2) is 0 Å². The van der Waals surface area contributed by atoms with Gasteiger partial charge in [-0.1, -0.05) is 22.0 Å². The molecule has 0 aliphatic heterocycles. The predicted octanol–water partition coefficient (Wildman–Crippen LogP) is 3.71. The summed E-state index contributed by atoms with van der Waals surface area (Å²) in [6, 6.07) is 5.42. The molecule has 0 saturated heterocycles. The fourth-order valence-electron chi connectivity index (χ4n) is 2.56. The molecular formula is C14H20BrNO2S2. The summed E-state index contributed by atoms with van der Waals surface area (Å²) in [5.41, 5.74) is 0.776. The van der Waals surface area contributed by atoms with Gasteiger partial charge in [-0.05, 0) is 56.6 Å². The molecule has 0 unspecified atom stereocenters. The second-order valence-corrected chi connectivity index (χ2v) is 8.98. The second kappa shape index (κ2) is 6.81. The van der Waals surface area contributed by atoms with Crippen LogP contribution < -0.4 is 4.72 Å². The first-order valence-electron chi connectivity index (χ1n) is 6.73. The summed E-state index contributed by atoms with van der Waals surface area (Å²) in [5.74, 6) is 0. The van der Waals surface area contributed by atoms with Gasteiger partial charge in [0.05, 0.1) is 4.90 Å². The van der Waals surface area contributed by atoms with Crippen LogP contribution in [0, 0.1) is 6.92 Å². The molecule has 1 aliphatic rings. The number of benzene rings is 1. The van der Waals surface area contributed by atoms with E-state index in [2.05, 4.69) is 26.9 Å².